The molecule has 1 aromatic carbocycles. The molecule has 0 unspecified atom stereocenters. The van der Waals surface area contributed by atoms with Crippen LogP contribution in [0.15, 0.2) is 23.0 Å². The summed E-state index contributed by atoms with van der Waals surface area (Å²) in [6.07, 6.45) is 0.623. The van der Waals surface area contributed by atoms with E-state index in [-0.39, 0.29) is 22.4 Å². The van der Waals surface area contributed by atoms with Gasteiger partial charge in [-0.25, -0.2) is 4.98 Å². The number of H-pyrrole nitrogens is 1. The molecule has 0 amide bonds. The van der Waals surface area contributed by atoms with Gasteiger partial charge in [0.25, 0.3) is 5.56 Å². The van der Waals surface area contributed by atoms with Gasteiger partial charge in [0.05, 0.1) is 16.2 Å². The molecule has 138 valence electrons. The Balaban J connectivity index is 1.85. The second-order valence-corrected chi connectivity index (χ2v) is 7.59. The Bertz CT molecular complexity index is 914. The monoisotopic (exact) mass is 358 g/mol. The van der Waals surface area contributed by atoms with Crippen molar-refractivity contribution in [2.24, 2.45) is 0 Å². The van der Waals surface area contributed by atoms with Crippen molar-refractivity contribution in [3.8, 4) is 5.75 Å². The summed E-state index contributed by atoms with van der Waals surface area (Å²) in [7, 11) is 0. The van der Waals surface area contributed by atoms with E-state index < -0.39 is 4.92 Å². The standard InChI is InChI=1S/C18H22N4O4/c1-18(2,3)17-19-13-7-8-21(10-12(13)16(24)20-17)9-11-5-4-6-14(15(11)23)22(25)26/h4-6,23H,7-10H2,1-3H3,(H,19,20,24). The molecular weight excluding hydrogens is 336 g/mol. The molecule has 0 saturated heterocycles. The van der Waals surface area contributed by atoms with Crippen LogP contribution in [-0.2, 0) is 24.9 Å². The SMILES string of the molecule is CC(C)(C)c1nc2c(c(=O)[nH]1)CN(Cc1cccc([N+](=O)[O-])c1O)CC2. The number of benzene rings is 1. The first kappa shape index (κ1) is 18.1. The minimum atomic E-state index is -0.604. The topological polar surface area (TPSA) is 112 Å². The highest BCUT2D eigenvalue weighted by Gasteiger charge is 2.26. The van der Waals surface area contributed by atoms with Crippen molar-refractivity contribution in [1.29, 1.82) is 0 Å². The summed E-state index contributed by atoms with van der Waals surface area (Å²) in [4.78, 5) is 32.3. The number of hydrogen-bond acceptors (Lipinski definition) is 6. The molecule has 0 saturated carbocycles. The number of nitrogens with zero attached hydrogens (tertiary/aromatic N) is 3. The number of aromatic hydroxyl groups is 1. The van der Waals surface area contributed by atoms with Gasteiger partial charge in [-0.3, -0.25) is 19.8 Å². The van der Waals surface area contributed by atoms with Crippen molar-refractivity contribution in [2.45, 2.75) is 45.7 Å². The smallest absolute Gasteiger partial charge is 0.311 e. The van der Waals surface area contributed by atoms with Crippen molar-refractivity contribution in [1.82, 2.24) is 14.9 Å². The molecule has 0 aliphatic carbocycles. The van der Waals surface area contributed by atoms with E-state index in [0.717, 1.165) is 5.69 Å². The predicted molar refractivity (Wildman–Crippen MR) is 96.1 cm³/mol. The Labute approximate surface area is 150 Å². The second-order valence-electron chi connectivity index (χ2n) is 7.59. The highest BCUT2D eigenvalue weighted by Crippen LogP contribution is 2.31. The molecule has 2 heterocycles. The normalized spacial score (nSPS) is 14.9. The zero-order chi connectivity index (χ0) is 19.1. The van der Waals surface area contributed by atoms with Crippen LogP contribution in [0, 0.1) is 10.1 Å². The van der Waals surface area contributed by atoms with Gasteiger partial charge in [0.15, 0.2) is 5.75 Å². The Morgan fingerprint density at radius 2 is 2.12 bits per heavy atom. The van der Waals surface area contributed by atoms with Crippen LogP contribution in [0.2, 0.25) is 0 Å². The molecule has 8 heteroatoms. The van der Waals surface area contributed by atoms with Gasteiger partial charge >= 0.3 is 5.69 Å². The summed E-state index contributed by atoms with van der Waals surface area (Å²) in [6.45, 7) is 7.38. The number of nitrogens with one attached hydrogen (secondary N) is 1. The summed E-state index contributed by atoms with van der Waals surface area (Å²) >= 11 is 0. The fourth-order valence-corrected chi connectivity index (χ4v) is 3.06. The summed E-state index contributed by atoms with van der Waals surface area (Å²) < 4.78 is 0. The van der Waals surface area contributed by atoms with Crippen LogP contribution in [0.4, 0.5) is 5.69 Å². The number of aromatic nitrogens is 2. The number of phenolic OH excluding ortho intramolecular Hbond substituents is 1. The number of rotatable bonds is 3. The van der Waals surface area contributed by atoms with Crippen molar-refractivity contribution >= 4 is 5.69 Å². The van der Waals surface area contributed by atoms with Crippen LogP contribution >= 0.6 is 0 Å². The van der Waals surface area contributed by atoms with Crippen LogP contribution in [-0.4, -0.2) is 31.4 Å². The quantitative estimate of drug-likeness (QED) is 0.643. The fraction of sp³-hybridized carbons (Fsp3) is 0.444. The first-order valence-corrected chi connectivity index (χ1v) is 8.47. The Kier molecular flexibility index (Phi) is 4.53. The Hall–Kier alpha value is -2.74. The lowest BCUT2D eigenvalue weighted by Crippen LogP contribution is -2.37. The molecule has 0 spiro atoms. The first-order chi connectivity index (χ1) is 12.2. The molecule has 1 aliphatic heterocycles. The van der Waals surface area contributed by atoms with Gasteiger partial charge in [-0.05, 0) is 0 Å². The molecule has 3 rings (SSSR count). The number of nitro groups is 1. The van der Waals surface area contributed by atoms with Crippen LogP contribution in [0.1, 0.15) is 43.4 Å². The lowest BCUT2D eigenvalue weighted by atomic mass is 9.95. The van der Waals surface area contributed by atoms with Gasteiger partial charge in [-0.1, -0.05) is 32.9 Å². The lowest BCUT2D eigenvalue weighted by Gasteiger charge is -2.29. The highest BCUT2D eigenvalue weighted by molar-refractivity contribution is 5.50. The van der Waals surface area contributed by atoms with E-state index >= 15 is 0 Å². The number of fused-ring (bicyclic) bond motifs is 1. The summed E-state index contributed by atoms with van der Waals surface area (Å²) in [5, 5.41) is 21.1. The molecule has 2 aromatic rings. The number of nitro benzene ring substituents is 1. The van der Waals surface area contributed by atoms with Crippen LogP contribution in [0.3, 0.4) is 0 Å². The third-order valence-electron chi connectivity index (χ3n) is 4.55. The molecule has 0 bridgehead atoms. The largest absolute Gasteiger partial charge is 0.502 e. The van der Waals surface area contributed by atoms with E-state index in [1.54, 1.807) is 12.1 Å². The molecular formula is C18H22N4O4. The van der Waals surface area contributed by atoms with Crippen LogP contribution in [0.5, 0.6) is 5.75 Å². The maximum absolute atomic E-state index is 12.5. The zero-order valence-corrected chi connectivity index (χ0v) is 15.1. The van der Waals surface area contributed by atoms with E-state index in [2.05, 4.69) is 9.97 Å². The van der Waals surface area contributed by atoms with Crippen molar-refractivity contribution < 1.29 is 10.0 Å². The minimum Gasteiger partial charge on any atom is -0.502 e. The van der Waals surface area contributed by atoms with Gasteiger partial charge in [-0.15, -0.1) is 0 Å². The van der Waals surface area contributed by atoms with Crippen molar-refractivity contribution in [2.75, 3.05) is 6.54 Å². The Morgan fingerprint density at radius 1 is 1.38 bits per heavy atom. The molecule has 0 atom stereocenters. The van der Waals surface area contributed by atoms with Crippen molar-refractivity contribution in [3.63, 3.8) is 0 Å². The van der Waals surface area contributed by atoms with E-state index in [9.17, 15) is 20.0 Å². The van der Waals surface area contributed by atoms with Gasteiger partial charge in [0.2, 0.25) is 0 Å². The first-order valence-electron chi connectivity index (χ1n) is 8.47. The van der Waals surface area contributed by atoms with Gasteiger partial charge in [0.1, 0.15) is 5.82 Å². The average molecular weight is 358 g/mol. The zero-order valence-electron chi connectivity index (χ0n) is 15.1. The van der Waals surface area contributed by atoms with E-state index in [0.29, 0.717) is 43.0 Å². The van der Waals surface area contributed by atoms with Crippen molar-refractivity contribution in [3.05, 3.63) is 61.3 Å². The average Bonchev–Trinajstić information content (AvgIpc) is 2.56. The molecule has 0 radical (unpaired) electrons. The number of para-hydroxylation sites is 1. The van der Waals surface area contributed by atoms with E-state index in [4.69, 9.17) is 0 Å². The lowest BCUT2D eigenvalue weighted by molar-refractivity contribution is -0.385. The van der Waals surface area contributed by atoms with Gasteiger partial charge in [-0.2, -0.15) is 0 Å². The molecule has 1 aliphatic rings. The second kappa shape index (κ2) is 6.53. The number of hydrogen-bond donors (Lipinski definition) is 2. The summed E-state index contributed by atoms with van der Waals surface area (Å²) in [5.41, 5.74) is 1.20. The third-order valence-corrected chi connectivity index (χ3v) is 4.55. The molecule has 1 aromatic heterocycles. The number of phenols is 1. The Morgan fingerprint density at radius 3 is 2.77 bits per heavy atom. The summed E-state index contributed by atoms with van der Waals surface area (Å²) in [5.74, 6) is 0.351. The van der Waals surface area contributed by atoms with E-state index in [1.807, 2.05) is 25.7 Å². The summed E-state index contributed by atoms with van der Waals surface area (Å²) in [6, 6.07) is 4.48. The number of aromatic amines is 1. The highest BCUT2D eigenvalue weighted by atomic mass is 16.6. The predicted octanol–water partition coefficient (Wildman–Crippen LogP) is 2.24. The minimum absolute atomic E-state index is 0.145. The van der Waals surface area contributed by atoms with Gasteiger partial charge < -0.3 is 10.1 Å². The molecule has 0 fully saturated rings. The fourth-order valence-electron chi connectivity index (χ4n) is 3.06. The van der Waals surface area contributed by atoms with E-state index in [1.165, 1.54) is 6.07 Å². The van der Waals surface area contributed by atoms with Crippen LogP contribution < -0.4 is 5.56 Å². The van der Waals surface area contributed by atoms with Crippen LogP contribution in [0.25, 0.3) is 0 Å². The maximum Gasteiger partial charge on any atom is 0.311 e. The maximum atomic E-state index is 12.5. The molecule has 8 nitrogen and oxygen atoms in total. The van der Waals surface area contributed by atoms with Gasteiger partial charge in [0, 0.05) is 43.1 Å². The molecule has 2 N–H and O–H groups in total. The molecule has 26 heavy (non-hydrogen) atoms. The third kappa shape index (κ3) is 3.45.